The summed E-state index contributed by atoms with van der Waals surface area (Å²) in [6.07, 6.45) is 2.47. The lowest BCUT2D eigenvalue weighted by atomic mass is 10.3. The summed E-state index contributed by atoms with van der Waals surface area (Å²) in [4.78, 5) is 4.48. The van der Waals surface area contributed by atoms with Crippen LogP contribution < -0.4 is 0 Å². The highest BCUT2D eigenvalue weighted by Crippen LogP contribution is 2.27. The molecular formula is C13H19NOS2. The highest BCUT2D eigenvalue weighted by atomic mass is 33.1. The summed E-state index contributed by atoms with van der Waals surface area (Å²) in [5.41, 5.74) is 0.944. The van der Waals surface area contributed by atoms with Gasteiger partial charge in [-0.15, -0.1) is 0 Å². The fourth-order valence-electron chi connectivity index (χ4n) is 1.10. The molecule has 0 radical (unpaired) electrons. The molecule has 0 saturated heterocycles. The Morgan fingerprint density at radius 2 is 2.00 bits per heavy atom. The summed E-state index contributed by atoms with van der Waals surface area (Å²) in [5.74, 6) is 1.14. The first-order valence-electron chi connectivity index (χ1n) is 5.92. The van der Waals surface area contributed by atoms with Gasteiger partial charge in [-0.1, -0.05) is 42.3 Å². The maximum Gasteiger partial charge on any atom is 0.261 e. The van der Waals surface area contributed by atoms with Gasteiger partial charge in [-0.2, -0.15) is 0 Å². The van der Waals surface area contributed by atoms with Gasteiger partial charge in [0.15, 0.2) is 0 Å². The quantitative estimate of drug-likeness (QED) is 0.317. The van der Waals surface area contributed by atoms with Crippen molar-refractivity contribution >= 4 is 32.5 Å². The van der Waals surface area contributed by atoms with Crippen LogP contribution in [-0.2, 0) is 4.74 Å². The van der Waals surface area contributed by atoms with E-state index in [1.807, 2.05) is 37.3 Å². The molecule has 0 unspecified atom stereocenters. The molecule has 0 aliphatic heterocycles. The number of hydrogen-bond acceptors (Lipinski definition) is 4. The van der Waals surface area contributed by atoms with Crippen molar-refractivity contribution in [2.75, 3.05) is 12.4 Å². The molecule has 0 aliphatic carbocycles. The lowest BCUT2D eigenvalue weighted by molar-refractivity contribution is 0.338. The number of hydrogen-bond donors (Lipinski definition) is 0. The average molecular weight is 269 g/mol. The normalized spacial score (nSPS) is 11.5. The zero-order chi connectivity index (χ0) is 12.3. The molecule has 17 heavy (non-hydrogen) atoms. The molecule has 94 valence electrons. The van der Waals surface area contributed by atoms with Gasteiger partial charge in [-0.05, 0) is 25.5 Å². The number of rotatable bonds is 6. The molecule has 2 nitrogen and oxygen atoms in total. The van der Waals surface area contributed by atoms with Crippen LogP contribution in [0.1, 0.15) is 26.7 Å². The van der Waals surface area contributed by atoms with E-state index in [1.54, 1.807) is 21.6 Å². The van der Waals surface area contributed by atoms with E-state index in [1.165, 1.54) is 12.8 Å². The predicted octanol–water partition coefficient (Wildman–Crippen LogP) is 4.89. The molecule has 1 rings (SSSR count). The van der Waals surface area contributed by atoms with Crippen LogP contribution in [0, 0.1) is 0 Å². The second-order valence-electron chi connectivity index (χ2n) is 3.41. The number of ether oxygens (including phenoxy) is 1. The summed E-state index contributed by atoms with van der Waals surface area (Å²) in [6, 6.07) is 9.92. The number of benzene rings is 1. The van der Waals surface area contributed by atoms with Gasteiger partial charge in [0, 0.05) is 16.5 Å². The highest BCUT2D eigenvalue weighted by molar-refractivity contribution is 8.82. The van der Waals surface area contributed by atoms with E-state index < -0.39 is 0 Å². The van der Waals surface area contributed by atoms with Crippen molar-refractivity contribution in [3.63, 3.8) is 0 Å². The Kier molecular flexibility index (Phi) is 8.01. The Labute approximate surface area is 112 Å². The van der Waals surface area contributed by atoms with Gasteiger partial charge >= 0.3 is 0 Å². The molecule has 0 heterocycles. The SMILES string of the molecule is CCCCSSC(=Nc1ccccc1)OCC. The van der Waals surface area contributed by atoms with Crippen LogP contribution in [0.5, 0.6) is 0 Å². The van der Waals surface area contributed by atoms with E-state index in [9.17, 15) is 0 Å². The summed E-state index contributed by atoms with van der Waals surface area (Å²) in [6.45, 7) is 4.84. The summed E-state index contributed by atoms with van der Waals surface area (Å²) >= 11 is 0. The summed E-state index contributed by atoms with van der Waals surface area (Å²) in [5, 5.41) is 0.750. The number of nitrogens with zero attached hydrogens (tertiary/aromatic N) is 1. The zero-order valence-corrected chi connectivity index (χ0v) is 12.0. The second kappa shape index (κ2) is 9.42. The van der Waals surface area contributed by atoms with Crippen LogP contribution in [0.4, 0.5) is 5.69 Å². The minimum absolute atomic E-state index is 0.660. The lowest BCUT2D eigenvalue weighted by Crippen LogP contribution is -1.97. The molecule has 0 N–H and O–H groups in total. The van der Waals surface area contributed by atoms with Crippen molar-refractivity contribution in [2.24, 2.45) is 4.99 Å². The van der Waals surface area contributed by atoms with Crippen molar-refractivity contribution < 1.29 is 4.74 Å². The van der Waals surface area contributed by atoms with Gasteiger partial charge in [0.2, 0.25) is 0 Å². The van der Waals surface area contributed by atoms with E-state index in [2.05, 4.69) is 11.9 Å². The first kappa shape index (κ1) is 14.5. The van der Waals surface area contributed by atoms with Gasteiger partial charge in [-0.3, -0.25) is 0 Å². The van der Waals surface area contributed by atoms with Gasteiger partial charge in [0.25, 0.3) is 5.23 Å². The molecule has 0 aliphatic rings. The molecule has 1 aromatic rings. The minimum Gasteiger partial charge on any atom is -0.473 e. The Morgan fingerprint density at radius 1 is 1.24 bits per heavy atom. The molecule has 0 bridgehead atoms. The molecule has 0 amide bonds. The van der Waals surface area contributed by atoms with Crippen molar-refractivity contribution in [3.05, 3.63) is 30.3 Å². The molecular weight excluding hydrogens is 250 g/mol. The monoisotopic (exact) mass is 269 g/mol. The Morgan fingerprint density at radius 3 is 2.65 bits per heavy atom. The van der Waals surface area contributed by atoms with E-state index in [0.29, 0.717) is 6.61 Å². The van der Waals surface area contributed by atoms with Crippen LogP contribution in [-0.4, -0.2) is 17.6 Å². The minimum atomic E-state index is 0.660. The van der Waals surface area contributed by atoms with E-state index in [-0.39, 0.29) is 0 Å². The molecule has 0 saturated carbocycles. The van der Waals surface area contributed by atoms with Crippen molar-refractivity contribution in [3.8, 4) is 0 Å². The van der Waals surface area contributed by atoms with Crippen LogP contribution in [0.2, 0.25) is 0 Å². The van der Waals surface area contributed by atoms with Crippen molar-refractivity contribution in [2.45, 2.75) is 26.7 Å². The first-order valence-corrected chi connectivity index (χ1v) is 8.24. The van der Waals surface area contributed by atoms with Gasteiger partial charge in [0.05, 0.1) is 12.3 Å². The summed E-state index contributed by atoms with van der Waals surface area (Å²) in [7, 11) is 3.43. The van der Waals surface area contributed by atoms with E-state index >= 15 is 0 Å². The summed E-state index contributed by atoms with van der Waals surface area (Å²) < 4.78 is 5.52. The van der Waals surface area contributed by atoms with Crippen LogP contribution in [0.3, 0.4) is 0 Å². The predicted molar refractivity (Wildman–Crippen MR) is 80.1 cm³/mol. The van der Waals surface area contributed by atoms with Crippen LogP contribution >= 0.6 is 21.6 Å². The maximum absolute atomic E-state index is 5.52. The third kappa shape index (κ3) is 6.64. The largest absolute Gasteiger partial charge is 0.473 e. The third-order valence-corrected chi connectivity index (χ3v) is 4.16. The zero-order valence-electron chi connectivity index (χ0n) is 10.4. The number of aliphatic imine (C=N–C) groups is 1. The number of para-hydroxylation sites is 1. The van der Waals surface area contributed by atoms with Crippen LogP contribution in [0.25, 0.3) is 0 Å². The van der Waals surface area contributed by atoms with Crippen LogP contribution in [0.15, 0.2) is 35.3 Å². The molecule has 0 spiro atoms. The van der Waals surface area contributed by atoms with E-state index in [4.69, 9.17) is 4.74 Å². The van der Waals surface area contributed by atoms with Gasteiger partial charge in [-0.25, -0.2) is 4.99 Å². The molecule has 0 fully saturated rings. The highest BCUT2D eigenvalue weighted by Gasteiger charge is 2.02. The van der Waals surface area contributed by atoms with Crippen molar-refractivity contribution in [1.82, 2.24) is 0 Å². The molecule has 4 heteroatoms. The smallest absolute Gasteiger partial charge is 0.261 e. The fraction of sp³-hybridized carbons (Fsp3) is 0.462. The van der Waals surface area contributed by atoms with E-state index in [0.717, 1.165) is 16.7 Å². The topological polar surface area (TPSA) is 21.6 Å². The average Bonchev–Trinajstić information content (AvgIpc) is 2.36. The molecule has 0 aromatic heterocycles. The third-order valence-electron chi connectivity index (χ3n) is 1.96. The Hall–Kier alpha value is -0.610. The molecule has 0 atom stereocenters. The molecule has 1 aromatic carbocycles. The first-order chi connectivity index (χ1) is 8.36. The van der Waals surface area contributed by atoms with Gasteiger partial charge < -0.3 is 4.74 Å². The Bertz CT molecular complexity index is 327. The lowest BCUT2D eigenvalue weighted by Gasteiger charge is -2.05. The van der Waals surface area contributed by atoms with Crippen molar-refractivity contribution in [1.29, 1.82) is 0 Å². The fourth-order valence-corrected chi connectivity index (χ4v) is 3.16. The van der Waals surface area contributed by atoms with Gasteiger partial charge in [0.1, 0.15) is 0 Å². The number of unbranched alkanes of at least 4 members (excludes halogenated alkanes) is 1. The Balaban J connectivity index is 2.50. The standard InChI is InChI=1S/C13H19NOS2/c1-3-5-11-16-17-13(15-4-2)14-12-9-7-6-8-10-12/h6-10H,3-5,11H2,1-2H3. The second-order valence-corrected chi connectivity index (χ2v) is 5.77. The maximum atomic E-state index is 5.52.